The van der Waals surface area contributed by atoms with E-state index in [9.17, 15) is 27.2 Å². The molecule has 0 spiro atoms. The summed E-state index contributed by atoms with van der Waals surface area (Å²) in [4.78, 5) is 23.4. The van der Waals surface area contributed by atoms with Gasteiger partial charge in [0.1, 0.15) is 17.1 Å². The molecular formula is C15H12F4N4O2. The van der Waals surface area contributed by atoms with Gasteiger partial charge in [0.2, 0.25) is 5.91 Å². The molecule has 25 heavy (non-hydrogen) atoms. The van der Waals surface area contributed by atoms with Crippen LogP contribution < -0.4 is 10.6 Å². The van der Waals surface area contributed by atoms with Crippen LogP contribution in [0, 0.1) is 5.82 Å². The molecule has 0 saturated heterocycles. The summed E-state index contributed by atoms with van der Waals surface area (Å²) in [5.41, 5.74) is -2.17. The number of aromatic nitrogens is 2. The van der Waals surface area contributed by atoms with Crippen molar-refractivity contribution in [2.24, 2.45) is 7.05 Å². The van der Waals surface area contributed by atoms with Crippen molar-refractivity contribution in [2.75, 3.05) is 10.6 Å². The van der Waals surface area contributed by atoms with E-state index < -0.39 is 35.1 Å². The number of carbonyl (C=O) groups excluding carboxylic acids is 2. The van der Waals surface area contributed by atoms with Crippen LogP contribution in [0.2, 0.25) is 0 Å². The van der Waals surface area contributed by atoms with Gasteiger partial charge in [-0.2, -0.15) is 18.3 Å². The molecule has 132 valence electrons. The van der Waals surface area contributed by atoms with Crippen LogP contribution in [0.25, 0.3) is 0 Å². The van der Waals surface area contributed by atoms with Crippen molar-refractivity contribution < 1.29 is 27.2 Å². The molecule has 1 aromatic heterocycles. The van der Waals surface area contributed by atoms with Crippen molar-refractivity contribution in [2.45, 2.75) is 6.18 Å². The zero-order chi connectivity index (χ0) is 18.8. The molecule has 2 aromatic rings. The van der Waals surface area contributed by atoms with Gasteiger partial charge in [-0.1, -0.05) is 6.58 Å². The molecule has 0 atom stereocenters. The molecular weight excluding hydrogens is 344 g/mol. The van der Waals surface area contributed by atoms with Crippen LogP contribution in [0.15, 0.2) is 37.1 Å². The van der Waals surface area contributed by atoms with E-state index in [1.807, 2.05) is 0 Å². The molecule has 10 heteroatoms. The maximum Gasteiger partial charge on any atom is 0.420 e. The smallest absolute Gasteiger partial charge is 0.321 e. The van der Waals surface area contributed by atoms with Crippen LogP contribution in [0.3, 0.4) is 0 Å². The first kappa shape index (κ1) is 18.2. The van der Waals surface area contributed by atoms with E-state index in [-0.39, 0.29) is 11.4 Å². The highest BCUT2D eigenvalue weighted by Gasteiger charge is 2.38. The van der Waals surface area contributed by atoms with Crippen molar-refractivity contribution >= 4 is 23.2 Å². The van der Waals surface area contributed by atoms with Gasteiger partial charge < -0.3 is 10.6 Å². The number of hydrogen-bond donors (Lipinski definition) is 2. The summed E-state index contributed by atoms with van der Waals surface area (Å²) >= 11 is 0. The second-order valence-corrected chi connectivity index (χ2v) is 4.87. The normalized spacial score (nSPS) is 11.1. The molecule has 0 saturated carbocycles. The molecule has 0 aliphatic rings. The summed E-state index contributed by atoms with van der Waals surface area (Å²) < 4.78 is 53.2. The molecule has 2 rings (SSSR count). The number of carbonyl (C=O) groups is 2. The molecule has 1 aromatic carbocycles. The highest BCUT2D eigenvalue weighted by Crippen LogP contribution is 2.32. The number of rotatable bonds is 4. The molecule has 2 amide bonds. The zero-order valence-electron chi connectivity index (χ0n) is 12.8. The maximum absolute atomic E-state index is 13.6. The van der Waals surface area contributed by atoms with Crippen LogP contribution in [-0.4, -0.2) is 21.6 Å². The van der Waals surface area contributed by atoms with Gasteiger partial charge in [0, 0.05) is 12.7 Å². The van der Waals surface area contributed by atoms with Crippen LogP contribution in [0.4, 0.5) is 28.9 Å². The lowest BCUT2D eigenvalue weighted by atomic mass is 10.2. The number of halogens is 4. The van der Waals surface area contributed by atoms with Crippen molar-refractivity contribution in [3.8, 4) is 0 Å². The van der Waals surface area contributed by atoms with Gasteiger partial charge in [-0.05, 0) is 24.3 Å². The summed E-state index contributed by atoms with van der Waals surface area (Å²) in [7, 11) is 1.19. The number of nitrogens with one attached hydrogen (secondary N) is 2. The molecule has 1 heterocycles. The minimum atomic E-state index is -4.76. The van der Waals surface area contributed by atoms with Gasteiger partial charge in [-0.25, -0.2) is 4.39 Å². The first-order chi connectivity index (χ1) is 11.6. The van der Waals surface area contributed by atoms with E-state index in [1.54, 1.807) is 0 Å². The Kier molecular flexibility index (Phi) is 4.91. The Labute approximate surface area is 139 Å². The van der Waals surface area contributed by atoms with Gasteiger partial charge in [-0.3, -0.25) is 14.3 Å². The summed E-state index contributed by atoms with van der Waals surface area (Å²) in [6.45, 7) is 3.21. The van der Waals surface area contributed by atoms with Gasteiger partial charge in [0.05, 0.1) is 11.9 Å². The average Bonchev–Trinajstić information content (AvgIpc) is 2.92. The molecule has 0 radical (unpaired) electrons. The molecule has 6 nitrogen and oxygen atoms in total. The Bertz CT molecular complexity index is 843. The van der Waals surface area contributed by atoms with E-state index in [1.165, 1.54) is 7.05 Å². The Hall–Kier alpha value is -3.17. The Morgan fingerprint density at radius 1 is 1.28 bits per heavy atom. The third-order valence-corrected chi connectivity index (χ3v) is 3.13. The topological polar surface area (TPSA) is 76.0 Å². The fourth-order valence-electron chi connectivity index (χ4n) is 1.99. The Balaban J connectivity index is 2.30. The highest BCUT2D eigenvalue weighted by atomic mass is 19.4. The Morgan fingerprint density at radius 2 is 1.96 bits per heavy atom. The SMILES string of the molecule is C=CC(=O)Nc1cc(NC(=O)c2c(C(F)(F)F)cnn2C)ccc1F. The number of anilines is 2. The van der Waals surface area contributed by atoms with Gasteiger partial charge >= 0.3 is 6.18 Å². The summed E-state index contributed by atoms with van der Waals surface area (Å²) in [5, 5.41) is 7.82. The molecule has 0 aliphatic carbocycles. The van der Waals surface area contributed by atoms with Crippen LogP contribution in [-0.2, 0) is 18.0 Å². The zero-order valence-corrected chi connectivity index (χ0v) is 12.8. The minimum absolute atomic E-state index is 0.0138. The van der Waals surface area contributed by atoms with Crippen molar-refractivity contribution in [1.29, 1.82) is 0 Å². The van der Waals surface area contributed by atoms with Gasteiger partial charge in [-0.15, -0.1) is 0 Å². The van der Waals surface area contributed by atoms with Gasteiger partial charge in [0.15, 0.2) is 0 Å². The third-order valence-electron chi connectivity index (χ3n) is 3.13. The fraction of sp³-hybridized carbons (Fsp3) is 0.133. The summed E-state index contributed by atoms with van der Waals surface area (Å²) in [6, 6.07) is 3.15. The first-order valence-electron chi connectivity index (χ1n) is 6.77. The van der Waals surface area contributed by atoms with Crippen molar-refractivity contribution in [1.82, 2.24) is 9.78 Å². The average molecular weight is 356 g/mol. The predicted molar refractivity (Wildman–Crippen MR) is 81.4 cm³/mol. The summed E-state index contributed by atoms with van der Waals surface area (Å²) in [5.74, 6) is -2.56. The highest BCUT2D eigenvalue weighted by molar-refractivity contribution is 6.05. The van der Waals surface area contributed by atoms with Crippen molar-refractivity contribution in [3.63, 3.8) is 0 Å². The monoisotopic (exact) mass is 356 g/mol. The lowest BCUT2D eigenvalue weighted by Gasteiger charge is -2.11. The molecule has 0 unspecified atom stereocenters. The molecule has 0 fully saturated rings. The van der Waals surface area contributed by atoms with Crippen molar-refractivity contribution in [3.05, 3.63) is 54.1 Å². The molecule has 2 N–H and O–H groups in total. The second-order valence-electron chi connectivity index (χ2n) is 4.87. The molecule has 0 aliphatic heterocycles. The van der Waals surface area contributed by atoms with E-state index in [0.717, 1.165) is 29.0 Å². The molecule has 0 bridgehead atoms. The summed E-state index contributed by atoms with van der Waals surface area (Å²) in [6.07, 6.45) is -3.31. The number of hydrogen-bond acceptors (Lipinski definition) is 3. The largest absolute Gasteiger partial charge is 0.420 e. The number of amides is 2. The second kappa shape index (κ2) is 6.75. The van der Waals surface area contributed by atoms with Gasteiger partial charge in [0.25, 0.3) is 5.91 Å². The van der Waals surface area contributed by atoms with E-state index >= 15 is 0 Å². The predicted octanol–water partition coefficient (Wildman–Crippen LogP) is 2.95. The number of alkyl halides is 3. The minimum Gasteiger partial charge on any atom is -0.321 e. The lowest BCUT2D eigenvalue weighted by Crippen LogP contribution is -2.21. The number of benzene rings is 1. The fourth-order valence-corrected chi connectivity index (χ4v) is 1.99. The Morgan fingerprint density at radius 3 is 2.56 bits per heavy atom. The quantitative estimate of drug-likeness (QED) is 0.653. The van der Waals surface area contributed by atoms with E-state index in [0.29, 0.717) is 6.20 Å². The lowest BCUT2D eigenvalue weighted by molar-refractivity contribution is -0.138. The van der Waals surface area contributed by atoms with E-state index in [4.69, 9.17) is 0 Å². The third kappa shape index (κ3) is 4.03. The number of nitrogens with zero attached hydrogens (tertiary/aromatic N) is 2. The number of aryl methyl sites for hydroxylation is 1. The van der Waals surface area contributed by atoms with Crippen LogP contribution in [0.1, 0.15) is 16.1 Å². The van der Waals surface area contributed by atoms with Crippen LogP contribution in [0.5, 0.6) is 0 Å². The maximum atomic E-state index is 13.6. The van der Waals surface area contributed by atoms with Crippen LogP contribution >= 0.6 is 0 Å². The van der Waals surface area contributed by atoms with E-state index in [2.05, 4.69) is 22.3 Å². The first-order valence-corrected chi connectivity index (χ1v) is 6.77. The standard InChI is InChI=1S/C15H12F4N4O2/c1-3-12(24)22-11-6-8(4-5-10(11)16)21-14(25)13-9(15(17,18)19)7-20-23(13)2/h3-7H,1H2,2H3,(H,21,25)(H,22,24).